The molecule has 0 atom stereocenters. The first kappa shape index (κ1) is 12.5. The van der Waals surface area contributed by atoms with Crippen LogP contribution in [-0.2, 0) is 6.54 Å². The fourth-order valence-corrected chi connectivity index (χ4v) is 1.57. The van der Waals surface area contributed by atoms with Crippen LogP contribution in [0.2, 0.25) is 0 Å². The van der Waals surface area contributed by atoms with E-state index in [9.17, 15) is 0 Å². The molecule has 2 aromatic rings. The van der Waals surface area contributed by atoms with E-state index in [-0.39, 0.29) is 0 Å². The summed E-state index contributed by atoms with van der Waals surface area (Å²) in [6.45, 7) is 5.71. The molecular weight excluding hydrogens is 226 g/mol. The van der Waals surface area contributed by atoms with E-state index >= 15 is 0 Å². The van der Waals surface area contributed by atoms with Gasteiger partial charge >= 0.3 is 0 Å². The lowest BCUT2D eigenvalue weighted by molar-refractivity contribution is 0.272. The molecule has 18 heavy (non-hydrogen) atoms. The van der Waals surface area contributed by atoms with Gasteiger partial charge in [0.1, 0.15) is 5.75 Å². The first-order chi connectivity index (χ1) is 8.75. The molecule has 0 bridgehead atoms. The summed E-state index contributed by atoms with van der Waals surface area (Å²) in [5, 5.41) is 10.2. The van der Waals surface area contributed by atoms with E-state index in [1.807, 2.05) is 30.3 Å². The maximum atomic E-state index is 5.78. The highest BCUT2D eigenvalue weighted by Crippen LogP contribution is 2.24. The van der Waals surface area contributed by atoms with E-state index in [1.54, 1.807) is 6.20 Å². The highest BCUT2D eigenvalue weighted by Gasteiger charge is 2.04. The number of H-pyrrole nitrogens is 1. The first-order valence-electron chi connectivity index (χ1n) is 6.19. The summed E-state index contributed by atoms with van der Waals surface area (Å²) in [5.41, 5.74) is 2.06. The second-order valence-corrected chi connectivity index (χ2v) is 4.64. The molecule has 1 aromatic heterocycles. The Labute approximate surface area is 107 Å². The van der Waals surface area contributed by atoms with Gasteiger partial charge in [-0.3, -0.25) is 5.10 Å². The van der Waals surface area contributed by atoms with Crippen molar-refractivity contribution in [3.8, 4) is 5.75 Å². The van der Waals surface area contributed by atoms with Gasteiger partial charge in [-0.1, -0.05) is 26.0 Å². The number of benzene rings is 1. The molecule has 0 radical (unpaired) electrons. The van der Waals surface area contributed by atoms with E-state index < -0.39 is 0 Å². The van der Waals surface area contributed by atoms with Gasteiger partial charge < -0.3 is 10.1 Å². The molecule has 4 nitrogen and oxygen atoms in total. The summed E-state index contributed by atoms with van der Waals surface area (Å²) in [4.78, 5) is 0. The quantitative estimate of drug-likeness (QED) is 0.822. The third-order valence-electron chi connectivity index (χ3n) is 2.49. The molecule has 0 aliphatic heterocycles. The Hall–Kier alpha value is -1.97. The van der Waals surface area contributed by atoms with Gasteiger partial charge in [-0.05, 0) is 24.1 Å². The van der Waals surface area contributed by atoms with Crippen LogP contribution < -0.4 is 10.1 Å². The summed E-state index contributed by atoms with van der Waals surface area (Å²) in [6.07, 6.45) is 1.75. The normalized spacial score (nSPS) is 10.6. The Kier molecular flexibility index (Phi) is 4.23. The summed E-state index contributed by atoms with van der Waals surface area (Å²) >= 11 is 0. The molecule has 0 fully saturated rings. The van der Waals surface area contributed by atoms with Crippen molar-refractivity contribution in [3.05, 3.63) is 42.2 Å². The number of rotatable bonds is 6. The highest BCUT2D eigenvalue weighted by molar-refractivity contribution is 5.56. The lowest BCUT2D eigenvalue weighted by atomic mass is 10.2. The summed E-state index contributed by atoms with van der Waals surface area (Å²) in [6, 6.07) is 9.93. The Bertz CT molecular complexity index is 466. The molecule has 0 amide bonds. The van der Waals surface area contributed by atoms with Crippen LogP contribution >= 0.6 is 0 Å². The minimum Gasteiger partial charge on any atom is -0.491 e. The van der Waals surface area contributed by atoms with Gasteiger partial charge in [-0.15, -0.1) is 0 Å². The Morgan fingerprint density at radius 2 is 2.11 bits per heavy atom. The standard InChI is InChI=1S/C14H19N3O/c1-11(2)10-18-14-6-4-3-5-13(14)15-9-12-7-8-16-17-12/h3-8,11,15H,9-10H2,1-2H3,(H,16,17). The number of hydrogen-bond donors (Lipinski definition) is 2. The van der Waals surface area contributed by atoms with E-state index in [0.717, 1.165) is 23.7 Å². The van der Waals surface area contributed by atoms with Crippen molar-refractivity contribution >= 4 is 5.69 Å². The van der Waals surface area contributed by atoms with Crippen molar-refractivity contribution in [2.24, 2.45) is 5.92 Å². The predicted molar refractivity (Wildman–Crippen MR) is 72.7 cm³/mol. The SMILES string of the molecule is CC(C)COc1ccccc1NCc1ccn[nH]1. The largest absolute Gasteiger partial charge is 0.491 e. The van der Waals surface area contributed by atoms with Crippen LogP contribution in [-0.4, -0.2) is 16.8 Å². The van der Waals surface area contributed by atoms with Gasteiger partial charge in [0.2, 0.25) is 0 Å². The lowest BCUT2D eigenvalue weighted by Crippen LogP contribution is -2.07. The molecule has 0 saturated carbocycles. The van der Waals surface area contributed by atoms with E-state index in [0.29, 0.717) is 12.5 Å². The molecule has 0 aliphatic carbocycles. The van der Waals surface area contributed by atoms with E-state index in [4.69, 9.17) is 4.74 Å². The fourth-order valence-electron chi connectivity index (χ4n) is 1.57. The Morgan fingerprint density at radius 3 is 2.83 bits per heavy atom. The average molecular weight is 245 g/mol. The van der Waals surface area contributed by atoms with Crippen LogP contribution in [0.15, 0.2) is 36.5 Å². The van der Waals surface area contributed by atoms with Gasteiger partial charge in [0, 0.05) is 6.20 Å². The Balaban J connectivity index is 1.98. The predicted octanol–water partition coefficient (Wildman–Crippen LogP) is 3.06. The Morgan fingerprint density at radius 1 is 1.28 bits per heavy atom. The van der Waals surface area contributed by atoms with Crippen LogP contribution in [0.5, 0.6) is 5.75 Å². The van der Waals surface area contributed by atoms with Crippen molar-refractivity contribution in [2.75, 3.05) is 11.9 Å². The monoisotopic (exact) mass is 245 g/mol. The number of aromatic nitrogens is 2. The van der Waals surface area contributed by atoms with Crippen LogP contribution in [0.3, 0.4) is 0 Å². The van der Waals surface area contributed by atoms with Crippen LogP contribution in [0.4, 0.5) is 5.69 Å². The van der Waals surface area contributed by atoms with Crippen molar-refractivity contribution in [1.29, 1.82) is 0 Å². The molecule has 2 rings (SSSR count). The van der Waals surface area contributed by atoms with Crippen LogP contribution in [0.25, 0.3) is 0 Å². The van der Waals surface area contributed by atoms with E-state index in [1.165, 1.54) is 0 Å². The van der Waals surface area contributed by atoms with Crippen LogP contribution in [0.1, 0.15) is 19.5 Å². The molecule has 0 unspecified atom stereocenters. The fraction of sp³-hybridized carbons (Fsp3) is 0.357. The average Bonchev–Trinajstić information content (AvgIpc) is 2.88. The zero-order chi connectivity index (χ0) is 12.8. The lowest BCUT2D eigenvalue weighted by Gasteiger charge is -2.14. The number of ether oxygens (including phenoxy) is 1. The van der Waals surface area contributed by atoms with Gasteiger partial charge in [0.15, 0.2) is 0 Å². The smallest absolute Gasteiger partial charge is 0.142 e. The van der Waals surface area contributed by atoms with Gasteiger partial charge in [0.05, 0.1) is 24.5 Å². The number of nitrogens with zero attached hydrogens (tertiary/aromatic N) is 1. The van der Waals surface area contributed by atoms with Crippen molar-refractivity contribution in [1.82, 2.24) is 10.2 Å². The first-order valence-corrected chi connectivity index (χ1v) is 6.19. The van der Waals surface area contributed by atoms with Gasteiger partial charge in [-0.2, -0.15) is 5.10 Å². The molecule has 2 N–H and O–H groups in total. The second kappa shape index (κ2) is 6.10. The number of anilines is 1. The molecule has 4 heteroatoms. The zero-order valence-electron chi connectivity index (χ0n) is 10.8. The second-order valence-electron chi connectivity index (χ2n) is 4.64. The summed E-state index contributed by atoms with van der Waals surface area (Å²) in [7, 11) is 0. The minimum absolute atomic E-state index is 0.519. The number of aromatic amines is 1. The van der Waals surface area contributed by atoms with Crippen LogP contribution in [0, 0.1) is 5.92 Å². The number of hydrogen-bond acceptors (Lipinski definition) is 3. The topological polar surface area (TPSA) is 49.9 Å². The molecule has 0 aliphatic rings. The number of para-hydroxylation sites is 2. The summed E-state index contributed by atoms with van der Waals surface area (Å²) < 4.78 is 5.78. The number of nitrogens with one attached hydrogen (secondary N) is 2. The highest BCUT2D eigenvalue weighted by atomic mass is 16.5. The summed E-state index contributed by atoms with van der Waals surface area (Å²) in [5.74, 6) is 1.41. The third-order valence-corrected chi connectivity index (χ3v) is 2.49. The van der Waals surface area contributed by atoms with Crippen molar-refractivity contribution in [3.63, 3.8) is 0 Å². The zero-order valence-corrected chi connectivity index (χ0v) is 10.8. The third kappa shape index (κ3) is 3.52. The molecule has 96 valence electrons. The van der Waals surface area contributed by atoms with Crippen molar-refractivity contribution in [2.45, 2.75) is 20.4 Å². The maximum absolute atomic E-state index is 5.78. The van der Waals surface area contributed by atoms with Crippen molar-refractivity contribution < 1.29 is 4.74 Å². The van der Waals surface area contributed by atoms with Gasteiger partial charge in [0.25, 0.3) is 0 Å². The molecular formula is C14H19N3O. The maximum Gasteiger partial charge on any atom is 0.142 e. The molecule has 1 heterocycles. The van der Waals surface area contributed by atoms with E-state index in [2.05, 4.69) is 29.4 Å². The minimum atomic E-state index is 0.519. The molecule has 0 saturated heterocycles. The molecule has 0 spiro atoms. The molecule has 1 aromatic carbocycles. The van der Waals surface area contributed by atoms with Gasteiger partial charge in [-0.25, -0.2) is 0 Å².